The first-order valence-corrected chi connectivity index (χ1v) is 10.2. The van der Waals surface area contributed by atoms with Crippen LogP contribution < -0.4 is 4.90 Å². The molecule has 0 aliphatic carbocycles. The molecule has 1 fully saturated rings. The monoisotopic (exact) mass is 420 g/mol. The van der Waals surface area contributed by atoms with E-state index in [9.17, 15) is 5.11 Å². The highest BCUT2D eigenvalue weighted by molar-refractivity contribution is 5.94. The maximum atomic E-state index is 9.71. The van der Waals surface area contributed by atoms with Crippen molar-refractivity contribution < 1.29 is 14.6 Å². The van der Waals surface area contributed by atoms with Crippen molar-refractivity contribution in [1.29, 1.82) is 0 Å². The van der Waals surface area contributed by atoms with E-state index in [1.165, 1.54) is 7.11 Å². The molecular formula is C22H24N6O3. The van der Waals surface area contributed by atoms with Crippen LogP contribution in [0.15, 0.2) is 48.8 Å². The molecule has 1 aromatic carbocycles. The Morgan fingerprint density at radius 2 is 2.00 bits per heavy atom. The van der Waals surface area contributed by atoms with Crippen LogP contribution in [0.4, 0.5) is 5.82 Å². The van der Waals surface area contributed by atoms with Crippen molar-refractivity contribution in [2.45, 2.75) is 6.10 Å². The summed E-state index contributed by atoms with van der Waals surface area (Å²) >= 11 is 0. The van der Waals surface area contributed by atoms with Crippen molar-refractivity contribution in [2.24, 2.45) is 0 Å². The Morgan fingerprint density at radius 3 is 2.81 bits per heavy atom. The van der Waals surface area contributed by atoms with E-state index < -0.39 is 6.10 Å². The predicted octanol–water partition coefficient (Wildman–Crippen LogP) is 2.33. The number of nitrogens with zero attached hydrogens (tertiary/aromatic N) is 5. The first-order valence-electron chi connectivity index (χ1n) is 10.2. The van der Waals surface area contributed by atoms with Crippen LogP contribution in [0.3, 0.4) is 0 Å². The van der Waals surface area contributed by atoms with Gasteiger partial charge >= 0.3 is 0 Å². The molecule has 1 aliphatic heterocycles. The first kappa shape index (κ1) is 19.7. The van der Waals surface area contributed by atoms with Crippen molar-refractivity contribution >= 4 is 16.7 Å². The van der Waals surface area contributed by atoms with E-state index in [-0.39, 0.29) is 6.61 Å². The number of morpholine rings is 1. The molecular weight excluding hydrogens is 396 g/mol. The minimum Gasteiger partial charge on any atom is -0.393 e. The van der Waals surface area contributed by atoms with Crippen molar-refractivity contribution in [1.82, 2.24) is 24.7 Å². The topological polar surface area (TPSA) is 101 Å². The number of aromatic amines is 1. The summed E-state index contributed by atoms with van der Waals surface area (Å²) in [4.78, 5) is 14.7. The molecule has 4 heterocycles. The fourth-order valence-corrected chi connectivity index (χ4v) is 3.82. The molecule has 0 saturated carbocycles. The minimum atomic E-state index is -0.608. The number of aromatic nitrogens is 5. The summed E-state index contributed by atoms with van der Waals surface area (Å²) in [6.45, 7) is 2.57. The molecule has 0 amide bonds. The average Bonchev–Trinajstić information content (AvgIpc) is 3.50. The lowest BCUT2D eigenvalue weighted by atomic mass is 10.1. The number of rotatable bonds is 6. The van der Waals surface area contributed by atoms with Crippen LogP contribution >= 0.6 is 0 Å². The SMILES string of the molecule is CO[C@@H](CO)c1nc(N2CCOCC2)cc(-n2ccc(-c3cccc4[nH]ccc34)n2)n1. The van der Waals surface area contributed by atoms with E-state index in [0.29, 0.717) is 24.9 Å². The molecule has 31 heavy (non-hydrogen) atoms. The maximum absolute atomic E-state index is 9.71. The highest BCUT2D eigenvalue weighted by atomic mass is 16.5. The van der Waals surface area contributed by atoms with E-state index >= 15 is 0 Å². The van der Waals surface area contributed by atoms with Crippen molar-refractivity contribution in [3.05, 3.63) is 54.6 Å². The molecule has 0 unspecified atom stereocenters. The molecule has 0 spiro atoms. The molecule has 9 heteroatoms. The minimum absolute atomic E-state index is 0.206. The summed E-state index contributed by atoms with van der Waals surface area (Å²) < 4.78 is 12.6. The Morgan fingerprint density at radius 1 is 1.16 bits per heavy atom. The molecule has 0 bridgehead atoms. The summed E-state index contributed by atoms with van der Waals surface area (Å²) in [5, 5.41) is 15.6. The smallest absolute Gasteiger partial charge is 0.164 e. The van der Waals surface area contributed by atoms with Gasteiger partial charge in [0.25, 0.3) is 0 Å². The van der Waals surface area contributed by atoms with Gasteiger partial charge in [0.05, 0.1) is 25.5 Å². The van der Waals surface area contributed by atoms with Crippen molar-refractivity contribution in [3.8, 4) is 17.1 Å². The molecule has 160 valence electrons. The lowest BCUT2D eigenvalue weighted by molar-refractivity contribution is 0.0422. The average molecular weight is 420 g/mol. The fourth-order valence-electron chi connectivity index (χ4n) is 3.82. The van der Waals surface area contributed by atoms with E-state index in [2.05, 4.69) is 25.9 Å². The molecule has 4 aromatic rings. The van der Waals surface area contributed by atoms with Crippen LogP contribution in [0.1, 0.15) is 11.9 Å². The summed E-state index contributed by atoms with van der Waals surface area (Å²) in [7, 11) is 1.54. The second-order valence-electron chi connectivity index (χ2n) is 7.34. The van der Waals surface area contributed by atoms with Crippen LogP contribution in [0.25, 0.3) is 28.0 Å². The van der Waals surface area contributed by atoms with Gasteiger partial charge in [0.15, 0.2) is 11.6 Å². The Bertz CT molecular complexity index is 1180. The van der Waals surface area contributed by atoms with Gasteiger partial charge in [0.1, 0.15) is 11.9 Å². The summed E-state index contributed by atoms with van der Waals surface area (Å²) in [6, 6.07) is 12.0. The standard InChI is InChI=1S/C22H24N6O3/c1-30-19(14-29)22-24-20(27-9-11-31-12-10-27)13-21(25-22)28-8-6-18(26-28)15-3-2-4-17-16(15)5-7-23-17/h2-8,13,19,23,29H,9-12,14H2,1H3/t19-/m0/s1. The molecule has 1 atom stereocenters. The fraction of sp³-hybridized carbons (Fsp3) is 0.318. The predicted molar refractivity (Wildman–Crippen MR) is 116 cm³/mol. The Kier molecular flexibility index (Phi) is 5.37. The number of methoxy groups -OCH3 is 1. The Labute approximate surface area is 179 Å². The summed E-state index contributed by atoms with van der Waals surface area (Å²) in [6.07, 6.45) is 3.20. The second kappa shape index (κ2) is 8.46. The van der Waals surface area contributed by atoms with E-state index in [4.69, 9.17) is 14.6 Å². The summed E-state index contributed by atoms with van der Waals surface area (Å²) in [5.41, 5.74) is 2.96. The molecule has 2 N–H and O–H groups in total. The van der Waals surface area contributed by atoms with Gasteiger partial charge in [-0.3, -0.25) is 0 Å². The number of anilines is 1. The normalized spacial score (nSPS) is 15.5. The van der Waals surface area contributed by atoms with Gasteiger partial charge in [-0.15, -0.1) is 0 Å². The first-order chi connectivity index (χ1) is 15.3. The molecule has 9 nitrogen and oxygen atoms in total. The number of ether oxygens (including phenoxy) is 2. The molecule has 5 rings (SSSR count). The van der Waals surface area contributed by atoms with Gasteiger partial charge in [0.2, 0.25) is 0 Å². The van der Waals surface area contributed by atoms with Crippen LogP contribution in [-0.2, 0) is 9.47 Å². The van der Waals surface area contributed by atoms with Gasteiger partial charge in [0, 0.05) is 55.1 Å². The number of nitrogens with one attached hydrogen (secondary N) is 1. The zero-order valence-corrected chi connectivity index (χ0v) is 17.2. The summed E-state index contributed by atoms with van der Waals surface area (Å²) in [5.74, 6) is 1.81. The molecule has 1 aliphatic rings. The van der Waals surface area contributed by atoms with Gasteiger partial charge in [-0.2, -0.15) is 5.10 Å². The molecule has 3 aromatic heterocycles. The second-order valence-corrected chi connectivity index (χ2v) is 7.34. The van der Waals surface area contributed by atoms with E-state index in [1.807, 2.05) is 42.7 Å². The highest BCUT2D eigenvalue weighted by Crippen LogP contribution is 2.28. The molecule has 1 saturated heterocycles. The van der Waals surface area contributed by atoms with E-state index in [1.54, 1.807) is 4.68 Å². The highest BCUT2D eigenvalue weighted by Gasteiger charge is 2.20. The zero-order chi connectivity index (χ0) is 21.2. The number of hydrogen-bond donors (Lipinski definition) is 2. The third kappa shape index (κ3) is 3.78. The number of aliphatic hydroxyl groups excluding tert-OH is 1. The Hall–Kier alpha value is -3.27. The molecule has 0 radical (unpaired) electrons. The number of hydrogen-bond acceptors (Lipinski definition) is 7. The van der Waals surface area contributed by atoms with Gasteiger partial charge in [-0.25, -0.2) is 14.6 Å². The van der Waals surface area contributed by atoms with Gasteiger partial charge in [-0.05, 0) is 18.2 Å². The number of H-pyrrole nitrogens is 1. The third-order valence-electron chi connectivity index (χ3n) is 5.48. The third-order valence-corrected chi connectivity index (χ3v) is 5.48. The lowest BCUT2D eigenvalue weighted by Gasteiger charge is -2.28. The van der Waals surface area contributed by atoms with Crippen LogP contribution in [0.5, 0.6) is 0 Å². The maximum Gasteiger partial charge on any atom is 0.164 e. The van der Waals surface area contributed by atoms with Crippen LogP contribution in [0.2, 0.25) is 0 Å². The number of fused-ring (bicyclic) bond motifs is 1. The van der Waals surface area contributed by atoms with Crippen LogP contribution in [-0.4, -0.2) is 69.9 Å². The van der Waals surface area contributed by atoms with Gasteiger partial charge in [-0.1, -0.05) is 12.1 Å². The zero-order valence-electron chi connectivity index (χ0n) is 17.2. The van der Waals surface area contributed by atoms with Crippen molar-refractivity contribution in [3.63, 3.8) is 0 Å². The van der Waals surface area contributed by atoms with Crippen LogP contribution in [0, 0.1) is 0 Å². The lowest BCUT2D eigenvalue weighted by Crippen LogP contribution is -2.37. The van der Waals surface area contributed by atoms with Crippen molar-refractivity contribution in [2.75, 3.05) is 44.9 Å². The quantitative estimate of drug-likeness (QED) is 0.494. The number of benzene rings is 1. The Balaban J connectivity index is 1.56. The van der Waals surface area contributed by atoms with Gasteiger partial charge < -0.3 is 24.5 Å². The largest absolute Gasteiger partial charge is 0.393 e. The van der Waals surface area contributed by atoms with E-state index in [0.717, 1.165) is 41.1 Å². The number of aliphatic hydroxyl groups is 1.